The topological polar surface area (TPSA) is 42.7 Å². The summed E-state index contributed by atoms with van der Waals surface area (Å²) in [6.07, 6.45) is 0. The number of halogens is 1. The van der Waals surface area contributed by atoms with Crippen LogP contribution in [-0.2, 0) is 6.54 Å². The third-order valence-electron chi connectivity index (χ3n) is 4.95. The van der Waals surface area contributed by atoms with Crippen molar-refractivity contribution in [3.63, 3.8) is 0 Å². The van der Waals surface area contributed by atoms with Crippen LogP contribution in [0.1, 0.15) is 25.0 Å². The summed E-state index contributed by atoms with van der Waals surface area (Å²) in [7, 11) is 1.61. The maximum absolute atomic E-state index is 13.3. The molecule has 0 aliphatic heterocycles. The molecule has 142 valence electrons. The van der Waals surface area contributed by atoms with Crippen molar-refractivity contribution in [3.05, 3.63) is 63.6 Å². The number of rotatable bonds is 6. The molecule has 0 saturated carbocycles. The minimum atomic E-state index is -0.330. The van der Waals surface area contributed by atoms with Gasteiger partial charge in [0.2, 0.25) is 0 Å². The molecular weight excluding hydrogens is 345 g/mol. The Morgan fingerprint density at radius 1 is 1.07 bits per heavy atom. The van der Waals surface area contributed by atoms with Gasteiger partial charge in [-0.05, 0) is 56.4 Å². The number of hydrogen-bond acceptors (Lipinski definition) is 4. The lowest BCUT2D eigenvalue weighted by Crippen LogP contribution is -2.23. The zero-order chi connectivity index (χ0) is 19.6. The molecule has 2 aromatic carbocycles. The van der Waals surface area contributed by atoms with Gasteiger partial charge >= 0.3 is 0 Å². The van der Waals surface area contributed by atoms with E-state index < -0.39 is 0 Å². The second kappa shape index (κ2) is 7.92. The number of fused-ring (bicyclic) bond motifs is 1. The maximum Gasteiger partial charge on any atom is 0.196 e. The van der Waals surface area contributed by atoms with Crippen molar-refractivity contribution in [2.75, 3.05) is 20.2 Å². The van der Waals surface area contributed by atoms with Crippen LogP contribution in [0, 0.1) is 12.7 Å². The minimum absolute atomic E-state index is 0.0842. The molecule has 0 aliphatic rings. The van der Waals surface area contributed by atoms with Crippen molar-refractivity contribution < 1.29 is 13.5 Å². The van der Waals surface area contributed by atoms with Gasteiger partial charge < -0.3 is 9.15 Å². The SMILES string of the molecule is CCN(CC)Cc1c(OC)ccc2c(=O)c(C)c(-c3ccc(F)cc3)oc12. The molecule has 1 aromatic heterocycles. The summed E-state index contributed by atoms with van der Waals surface area (Å²) in [5, 5.41) is 0.529. The van der Waals surface area contributed by atoms with Gasteiger partial charge in [0.25, 0.3) is 0 Å². The summed E-state index contributed by atoms with van der Waals surface area (Å²) in [6, 6.07) is 9.53. The van der Waals surface area contributed by atoms with Crippen LogP contribution >= 0.6 is 0 Å². The zero-order valence-electron chi connectivity index (χ0n) is 16.1. The summed E-state index contributed by atoms with van der Waals surface area (Å²) in [5.41, 5.74) is 2.46. The van der Waals surface area contributed by atoms with E-state index in [1.165, 1.54) is 12.1 Å². The largest absolute Gasteiger partial charge is 0.496 e. The first-order valence-electron chi connectivity index (χ1n) is 9.11. The van der Waals surface area contributed by atoms with E-state index in [0.717, 1.165) is 18.7 Å². The van der Waals surface area contributed by atoms with Crippen LogP contribution < -0.4 is 10.2 Å². The molecule has 0 aliphatic carbocycles. The lowest BCUT2D eigenvalue weighted by Gasteiger charge is -2.21. The van der Waals surface area contributed by atoms with Crippen molar-refractivity contribution in [3.8, 4) is 17.1 Å². The normalized spacial score (nSPS) is 11.3. The molecule has 5 heteroatoms. The third-order valence-corrected chi connectivity index (χ3v) is 4.95. The smallest absolute Gasteiger partial charge is 0.196 e. The molecule has 0 saturated heterocycles. The third kappa shape index (κ3) is 3.60. The fraction of sp³-hybridized carbons (Fsp3) is 0.318. The second-order valence-corrected chi connectivity index (χ2v) is 6.48. The molecule has 0 fully saturated rings. The number of methoxy groups -OCH3 is 1. The maximum atomic E-state index is 13.3. The van der Waals surface area contributed by atoms with Crippen LogP contribution in [0.3, 0.4) is 0 Å². The van der Waals surface area contributed by atoms with Crippen LogP contribution in [-0.4, -0.2) is 25.1 Å². The molecule has 3 aromatic rings. The molecule has 1 heterocycles. The Morgan fingerprint density at radius 2 is 1.74 bits per heavy atom. The van der Waals surface area contributed by atoms with E-state index in [-0.39, 0.29) is 11.2 Å². The Kier molecular flexibility index (Phi) is 5.61. The number of hydrogen-bond donors (Lipinski definition) is 0. The highest BCUT2D eigenvalue weighted by Gasteiger charge is 2.19. The quantitative estimate of drug-likeness (QED) is 0.628. The highest BCUT2D eigenvalue weighted by molar-refractivity contribution is 5.85. The second-order valence-electron chi connectivity index (χ2n) is 6.48. The summed E-state index contributed by atoms with van der Waals surface area (Å²) < 4.78 is 25.1. The molecular formula is C22H24FNO3. The summed E-state index contributed by atoms with van der Waals surface area (Å²) in [4.78, 5) is 15.2. The van der Waals surface area contributed by atoms with E-state index in [4.69, 9.17) is 9.15 Å². The van der Waals surface area contributed by atoms with Gasteiger partial charge in [-0.3, -0.25) is 9.69 Å². The van der Waals surface area contributed by atoms with Gasteiger partial charge in [0.15, 0.2) is 5.43 Å². The monoisotopic (exact) mass is 369 g/mol. The standard InChI is InChI=1S/C22H24FNO3/c1-5-24(6-2)13-18-19(26-4)12-11-17-20(25)14(3)21(27-22(17)18)15-7-9-16(23)10-8-15/h7-12H,5-6,13H2,1-4H3. The van der Waals surface area contributed by atoms with E-state index in [1.807, 2.05) is 6.07 Å². The van der Waals surface area contributed by atoms with Crippen LogP contribution in [0.25, 0.3) is 22.3 Å². The van der Waals surface area contributed by atoms with Gasteiger partial charge in [-0.2, -0.15) is 0 Å². The lowest BCUT2D eigenvalue weighted by molar-refractivity contribution is 0.289. The first-order valence-corrected chi connectivity index (χ1v) is 9.11. The van der Waals surface area contributed by atoms with Crippen LogP contribution in [0.5, 0.6) is 5.75 Å². The fourth-order valence-electron chi connectivity index (χ4n) is 3.28. The Bertz CT molecular complexity index is 1000. The Morgan fingerprint density at radius 3 is 2.33 bits per heavy atom. The molecule has 0 spiro atoms. The van der Waals surface area contributed by atoms with Crippen LogP contribution in [0.2, 0.25) is 0 Å². The summed E-state index contributed by atoms with van der Waals surface area (Å²) in [5.74, 6) is 0.816. The molecule has 4 nitrogen and oxygen atoms in total. The van der Waals surface area contributed by atoms with Crippen molar-refractivity contribution in [1.82, 2.24) is 4.90 Å². The van der Waals surface area contributed by atoms with Gasteiger partial charge in [-0.1, -0.05) is 13.8 Å². The van der Waals surface area contributed by atoms with E-state index >= 15 is 0 Å². The fourth-order valence-corrected chi connectivity index (χ4v) is 3.28. The highest BCUT2D eigenvalue weighted by atomic mass is 19.1. The summed E-state index contributed by atoms with van der Waals surface area (Å²) >= 11 is 0. The van der Waals surface area contributed by atoms with Crippen molar-refractivity contribution in [2.24, 2.45) is 0 Å². The van der Waals surface area contributed by atoms with Gasteiger partial charge in [0.1, 0.15) is 22.9 Å². The Hall–Kier alpha value is -2.66. The number of benzene rings is 2. The molecule has 0 atom stereocenters. The average molecular weight is 369 g/mol. The molecule has 0 amide bonds. The van der Waals surface area contributed by atoms with Gasteiger partial charge in [0.05, 0.1) is 18.1 Å². The van der Waals surface area contributed by atoms with E-state index in [1.54, 1.807) is 32.2 Å². The first-order chi connectivity index (χ1) is 13.0. The predicted octanol–water partition coefficient (Wildman–Crippen LogP) is 4.76. The van der Waals surface area contributed by atoms with Gasteiger partial charge in [0, 0.05) is 17.7 Å². The number of nitrogens with zero attached hydrogens (tertiary/aromatic N) is 1. The highest BCUT2D eigenvalue weighted by Crippen LogP contribution is 2.32. The van der Waals surface area contributed by atoms with E-state index in [9.17, 15) is 9.18 Å². The first kappa shape index (κ1) is 19.1. The van der Waals surface area contributed by atoms with Crippen molar-refractivity contribution >= 4 is 11.0 Å². The van der Waals surface area contributed by atoms with Gasteiger partial charge in [-0.25, -0.2) is 4.39 Å². The van der Waals surface area contributed by atoms with Crippen molar-refractivity contribution in [2.45, 2.75) is 27.3 Å². The Labute approximate surface area is 158 Å². The molecule has 0 radical (unpaired) electrons. The average Bonchev–Trinajstić information content (AvgIpc) is 2.69. The predicted molar refractivity (Wildman–Crippen MR) is 106 cm³/mol. The molecule has 0 N–H and O–H groups in total. The van der Waals surface area contributed by atoms with Crippen LogP contribution in [0.15, 0.2) is 45.6 Å². The van der Waals surface area contributed by atoms with Crippen molar-refractivity contribution in [1.29, 1.82) is 0 Å². The zero-order valence-corrected chi connectivity index (χ0v) is 16.1. The molecule has 27 heavy (non-hydrogen) atoms. The minimum Gasteiger partial charge on any atom is -0.496 e. The van der Waals surface area contributed by atoms with E-state index in [2.05, 4.69) is 18.7 Å². The molecule has 3 rings (SSSR count). The molecule has 0 bridgehead atoms. The van der Waals surface area contributed by atoms with E-state index in [0.29, 0.717) is 40.2 Å². The molecule has 0 unspecified atom stereocenters. The summed E-state index contributed by atoms with van der Waals surface area (Å²) in [6.45, 7) is 8.27. The lowest BCUT2D eigenvalue weighted by atomic mass is 10.0. The van der Waals surface area contributed by atoms with Crippen LogP contribution in [0.4, 0.5) is 4.39 Å². The Balaban J connectivity index is 2.29. The number of ether oxygens (including phenoxy) is 1. The van der Waals surface area contributed by atoms with Gasteiger partial charge in [-0.15, -0.1) is 0 Å².